The zero-order chi connectivity index (χ0) is 15.0. The van der Waals surface area contributed by atoms with Crippen molar-refractivity contribution in [2.45, 2.75) is 40.2 Å². The monoisotopic (exact) mass is 280 g/mol. The second-order valence-corrected chi connectivity index (χ2v) is 5.27. The molecule has 5 heteroatoms. The van der Waals surface area contributed by atoms with E-state index >= 15 is 0 Å². The Kier molecular flexibility index (Phi) is 7.01. The highest BCUT2D eigenvalue weighted by atomic mass is 16.6. The Morgan fingerprint density at radius 3 is 2.75 bits per heavy atom. The second-order valence-electron chi connectivity index (χ2n) is 5.27. The fraction of sp³-hybridized carbons (Fsp3) is 0.600. The summed E-state index contributed by atoms with van der Waals surface area (Å²) in [5.41, 5.74) is 1.64. The number of ether oxygens (including phenoxy) is 1. The number of nitro groups is 1. The number of nitro benzene ring substituents is 1. The van der Waals surface area contributed by atoms with Gasteiger partial charge in [-0.1, -0.05) is 20.8 Å². The number of nitrogens with one attached hydrogen (secondary N) is 1. The normalized spacial score (nSPS) is 10.8. The van der Waals surface area contributed by atoms with Gasteiger partial charge in [0.2, 0.25) is 0 Å². The lowest BCUT2D eigenvalue weighted by molar-refractivity contribution is -0.384. The molecule has 1 rings (SSSR count). The van der Waals surface area contributed by atoms with Gasteiger partial charge in [0.1, 0.15) is 5.69 Å². The highest BCUT2D eigenvalue weighted by Crippen LogP contribution is 2.25. The minimum absolute atomic E-state index is 0.115. The molecule has 1 N–H and O–H groups in total. The van der Waals surface area contributed by atoms with Gasteiger partial charge in [0.15, 0.2) is 0 Å². The van der Waals surface area contributed by atoms with Crippen LogP contribution in [0.2, 0.25) is 0 Å². The maximum absolute atomic E-state index is 11.0. The summed E-state index contributed by atoms with van der Waals surface area (Å²) in [6.07, 6.45) is 1.94. The zero-order valence-electron chi connectivity index (χ0n) is 12.5. The lowest BCUT2D eigenvalue weighted by Gasteiger charge is -2.10. The van der Waals surface area contributed by atoms with Gasteiger partial charge < -0.3 is 10.1 Å². The first-order valence-corrected chi connectivity index (χ1v) is 7.13. The highest BCUT2D eigenvalue weighted by Gasteiger charge is 2.13. The van der Waals surface area contributed by atoms with Crippen molar-refractivity contribution < 1.29 is 9.66 Å². The molecule has 0 amide bonds. The predicted octanol–water partition coefficient (Wildman–Crippen LogP) is 3.98. The van der Waals surface area contributed by atoms with Gasteiger partial charge in [0.05, 0.1) is 11.5 Å². The Bertz CT molecular complexity index is 433. The van der Waals surface area contributed by atoms with Crippen molar-refractivity contribution in [2.24, 2.45) is 5.92 Å². The number of benzene rings is 1. The Hall–Kier alpha value is -1.62. The lowest BCUT2D eigenvalue weighted by Crippen LogP contribution is -2.05. The molecule has 112 valence electrons. The smallest absolute Gasteiger partial charge is 0.292 e. The molecule has 0 aliphatic carbocycles. The number of nitrogens with zero attached hydrogens (tertiary/aromatic N) is 1. The molecule has 0 aliphatic heterocycles. The Labute approximate surface area is 120 Å². The molecule has 5 nitrogen and oxygen atoms in total. The van der Waals surface area contributed by atoms with Crippen LogP contribution in [0.1, 0.15) is 39.2 Å². The van der Waals surface area contributed by atoms with Gasteiger partial charge in [-0.3, -0.25) is 10.1 Å². The molecule has 0 radical (unpaired) electrons. The summed E-state index contributed by atoms with van der Waals surface area (Å²) in [7, 11) is 0. The minimum atomic E-state index is -0.360. The van der Waals surface area contributed by atoms with Crippen molar-refractivity contribution in [1.82, 2.24) is 0 Å². The van der Waals surface area contributed by atoms with E-state index in [1.165, 1.54) is 0 Å². The topological polar surface area (TPSA) is 64.4 Å². The molecule has 1 aromatic rings. The first kappa shape index (κ1) is 16.4. The van der Waals surface area contributed by atoms with E-state index in [1.54, 1.807) is 12.1 Å². The summed E-state index contributed by atoms with van der Waals surface area (Å²) in [4.78, 5) is 10.6. The van der Waals surface area contributed by atoms with Crippen LogP contribution >= 0.6 is 0 Å². The maximum Gasteiger partial charge on any atom is 0.292 e. The van der Waals surface area contributed by atoms with E-state index in [0.717, 1.165) is 24.9 Å². The quantitative estimate of drug-likeness (QED) is 0.422. The molecule has 0 saturated heterocycles. The Morgan fingerprint density at radius 2 is 2.15 bits per heavy atom. The van der Waals surface area contributed by atoms with Crippen LogP contribution in [0.25, 0.3) is 0 Å². The van der Waals surface area contributed by atoms with Crippen molar-refractivity contribution in [3.63, 3.8) is 0 Å². The number of hydrogen-bond donors (Lipinski definition) is 1. The van der Waals surface area contributed by atoms with Gasteiger partial charge in [-0.2, -0.15) is 0 Å². The van der Waals surface area contributed by atoms with Gasteiger partial charge in [0.25, 0.3) is 5.69 Å². The molecule has 0 fully saturated rings. The molecule has 0 spiro atoms. The summed E-state index contributed by atoms with van der Waals surface area (Å²) in [6.45, 7) is 8.26. The number of rotatable bonds is 9. The van der Waals surface area contributed by atoms with Crippen LogP contribution in [0.3, 0.4) is 0 Å². The van der Waals surface area contributed by atoms with Crippen molar-refractivity contribution in [2.75, 3.05) is 18.5 Å². The SMILES string of the molecule is CCCNc1cc(COCCC(C)C)ccc1[N+](=O)[O-]. The lowest BCUT2D eigenvalue weighted by atomic mass is 10.1. The van der Waals surface area contributed by atoms with Crippen LogP contribution in [0, 0.1) is 16.0 Å². The molecule has 20 heavy (non-hydrogen) atoms. The van der Waals surface area contributed by atoms with E-state index in [1.807, 2.05) is 13.0 Å². The fourth-order valence-electron chi connectivity index (χ4n) is 1.74. The minimum Gasteiger partial charge on any atom is -0.379 e. The van der Waals surface area contributed by atoms with E-state index in [4.69, 9.17) is 4.74 Å². The maximum atomic E-state index is 11.0. The number of hydrogen-bond acceptors (Lipinski definition) is 4. The molecule has 0 unspecified atom stereocenters. The molecule has 0 aliphatic rings. The molecule has 0 bridgehead atoms. The molecule has 0 aromatic heterocycles. The molecule has 0 atom stereocenters. The summed E-state index contributed by atoms with van der Waals surface area (Å²) >= 11 is 0. The predicted molar refractivity (Wildman–Crippen MR) is 81.0 cm³/mol. The first-order chi connectivity index (χ1) is 9.54. The average molecular weight is 280 g/mol. The standard InChI is InChI=1S/C15H24N2O3/c1-4-8-16-14-10-13(5-6-15(14)17(18)19)11-20-9-7-12(2)3/h5-6,10,12,16H,4,7-9,11H2,1-3H3. The van der Waals surface area contributed by atoms with Gasteiger partial charge in [-0.25, -0.2) is 0 Å². The van der Waals surface area contributed by atoms with E-state index in [-0.39, 0.29) is 10.6 Å². The zero-order valence-corrected chi connectivity index (χ0v) is 12.5. The van der Waals surface area contributed by atoms with Gasteiger partial charge >= 0.3 is 0 Å². The molecular weight excluding hydrogens is 256 g/mol. The first-order valence-electron chi connectivity index (χ1n) is 7.13. The van der Waals surface area contributed by atoms with Crippen LogP contribution in [0.5, 0.6) is 0 Å². The van der Waals surface area contributed by atoms with E-state index in [9.17, 15) is 10.1 Å². The van der Waals surface area contributed by atoms with E-state index in [2.05, 4.69) is 19.2 Å². The Morgan fingerprint density at radius 1 is 1.40 bits per heavy atom. The van der Waals surface area contributed by atoms with Crippen LogP contribution in [-0.2, 0) is 11.3 Å². The van der Waals surface area contributed by atoms with Crippen LogP contribution in [-0.4, -0.2) is 18.1 Å². The largest absolute Gasteiger partial charge is 0.379 e. The van der Waals surface area contributed by atoms with Crippen LogP contribution in [0.4, 0.5) is 11.4 Å². The summed E-state index contributed by atoms with van der Waals surface area (Å²) in [5.74, 6) is 0.619. The molecule has 0 saturated carbocycles. The second kappa shape index (κ2) is 8.53. The van der Waals surface area contributed by atoms with Crippen molar-refractivity contribution in [3.8, 4) is 0 Å². The third kappa shape index (κ3) is 5.57. The van der Waals surface area contributed by atoms with Crippen LogP contribution < -0.4 is 5.32 Å². The van der Waals surface area contributed by atoms with Crippen molar-refractivity contribution >= 4 is 11.4 Å². The van der Waals surface area contributed by atoms with Gasteiger partial charge in [-0.15, -0.1) is 0 Å². The fourth-order valence-corrected chi connectivity index (χ4v) is 1.74. The summed E-state index contributed by atoms with van der Waals surface area (Å²) in [6, 6.07) is 5.10. The Balaban J connectivity index is 2.66. The summed E-state index contributed by atoms with van der Waals surface area (Å²) in [5, 5.41) is 14.1. The van der Waals surface area contributed by atoms with Gasteiger partial charge in [0, 0.05) is 19.2 Å². The number of anilines is 1. The molecule has 0 heterocycles. The van der Waals surface area contributed by atoms with Gasteiger partial charge in [-0.05, 0) is 36.5 Å². The van der Waals surface area contributed by atoms with Crippen molar-refractivity contribution in [1.29, 1.82) is 0 Å². The van der Waals surface area contributed by atoms with Crippen molar-refractivity contribution in [3.05, 3.63) is 33.9 Å². The van der Waals surface area contributed by atoms with Crippen LogP contribution in [0.15, 0.2) is 18.2 Å². The molecule has 1 aromatic carbocycles. The van der Waals surface area contributed by atoms with E-state index < -0.39 is 0 Å². The average Bonchev–Trinajstić information content (AvgIpc) is 2.41. The highest BCUT2D eigenvalue weighted by molar-refractivity contribution is 5.62. The summed E-state index contributed by atoms with van der Waals surface area (Å²) < 4.78 is 5.59. The van der Waals surface area contributed by atoms with E-state index in [0.29, 0.717) is 24.8 Å². The third-order valence-corrected chi connectivity index (χ3v) is 2.93. The third-order valence-electron chi connectivity index (χ3n) is 2.93. The molecular formula is C15H24N2O3.